The largest absolute Gasteiger partial charge is 0.399 e. The molecule has 0 fully saturated rings. The molecule has 1 heterocycles. The zero-order chi connectivity index (χ0) is 13.1. The molecule has 0 saturated heterocycles. The number of nitrogens with two attached hydrogens (primary N) is 1. The van der Waals surface area contributed by atoms with Crippen LogP contribution in [0, 0.1) is 13.8 Å². The molecule has 1 aromatic heterocycles. The number of anilines is 2. The fraction of sp³-hybridized carbons (Fsp3) is 0.143. The van der Waals surface area contributed by atoms with Crippen LogP contribution in [0.25, 0.3) is 0 Å². The third kappa shape index (κ3) is 2.66. The van der Waals surface area contributed by atoms with Crippen LogP contribution in [-0.4, -0.2) is 10.9 Å². The summed E-state index contributed by atoms with van der Waals surface area (Å²) in [5.74, 6) is 0.366. The van der Waals surface area contributed by atoms with E-state index in [1.165, 1.54) is 0 Å². The van der Waals surface area contributed by atoms with Crippen molar-refractivity contribution in [2.24, 2.45) is 0 Å². The molecule has 0 aliphatic rings. The van der Waals surface area contributed by atoms with Crippen molar-refractivity contribution in [3.63, 3.8) is 0 Å². The van der Waals surface area contributed by atoms with Crippen LogP contribution in [0.2, 0.25) is 0 Å². The van der Waals surface area contributed by atoms with Crippen LogP contribution >= 0.6 is 0 Å². The van der Waals surface area contributed by atoms with Gasteiger partial charge in [0.2, 0.25) is 0 Å². The molecule has 92 valence electrons. The zero-order valence-corrected chi connectivity index (χ0v) is 10.4. The van der Waals surface area contributed by atoms with E-state index in [2.05, 4.69) is 10.3 Å². The van der Waals surface area contributed by atoms with Crippen LogP contribution in [0.3, 0.4) is 0 Å². The van der Waals surface area contributed by atoms with Gasteiger partial charge in [-0.3, -0.25) is 4.79 Å². The quantitative estimate of drug-likeness (QED) is 0.794. The van der Waals surface area contributed by atoms with Crippen molar-refractivity contribution in [2.75, 3.05) is 11.1 Å². The van der Waals surface area contributed by atoms with E-state index in [0.717, 1.165) is 11.3 Å². The lowest BCUT2D eigenvalue weighted by Crippen LogP contribution is -2.13. The molecule has 0 atom stereocenters. The van der Waals surface area contributed by atoms with Crippen LogP contribution in [0.4, 0.5) is 11.5 Å². The first-order chi connectivity index (χ1) is 8.56. The Kier molecular flexibility index (Phi) is 3.28. The lowest BCUT2D eigenvalue weighted by Gasteiger charge is -2.07. The molecule has 0 saturated carbocycles. The zero-order valence-electron chi connectivity index (χ0n) is 10.4. The molecule has 2 aromatic rings. The smallest absolute Gasteiger partial charge is 0.256 e. The highest BCUT2D eigenvalue weighted by Gasteiger charge is 2.07. The minimum atomic E-state index is -0.184. The Hall–Kier alpha value is -2.36. The Morgan fingerprint density at radius 2 is 2.00 bits per heavy atom. The summed E-state index contributed by atoms with van der Waals surface area (Å²) >= 11 is 0. The van der Waals surface area contributed by atoms with Gasteiger partial charge in [-0.15, -0.1) is 0 Å². The molecular weight excluding hydrogens is 226 g/mol. The minimum Gasteiger partial charge on any atom is -0.399 e. The van der Waals surface area contributed by atoms with E-state index in [-0.39, 0.29) is 5.91 Å². The predicted octanol–water partition coefficient (Wildman–Crippen LogP) is 2.53. The maximum Gasteiger partial charge on any atom is 0.256 e. The molecule has 2 rings (SSSR count). The van der Waals surface area contributed by atoms with Crippen molar-refractivity contribution >= 4 is 17.4 Å². The van der Waals surface area contributed by atoms with Gasteiger partial charge >= 0.3 is 0 Å². The molecule has 0 radical (unpaired) electrons. The first-order valence-electron chi connectivity index (χ1n) is 5.67. The third-order valence-corrected chi connectivity index (χ3v) is 2.66. The van der Waals surface area contributed by atoms with Gasteiger partial charge in [0.05, 0.1) is 0 Å². The number of carbonyl (C=O) groups excluding carboxylic acids is 1. The molecule has 0 aliphatic heterocycles. The fourth-order valence-corrected chi connectivity index (χ4v) is 1.62. The topological polar surface area (TPSA) is 68.0 Å². The first-order valence-corrected chi connectivity index (χ1v) is 5.67. The summed E-state index contributed by atoms with van der Waals surface area (Å²) < 4.78 is 0. The summed E-state index contributed by atoms with van der Waals surface area (Å²) in [7, 11) is 0. The molecule has 1 aromatic carbocycles. The van der Waals surface area contributed by atoms with E-state index in [4.69, 9.17) is 5.73 Å². The summed E-state index contributed by atoms with van der Waals surface area (Å²) in [5.41, 5.74) is 8.72. The number of aryl methyl sites for hydroxylation is 2. The van der Waals surface area contributed by atoms with Gasteiger partial charge in [0.25, 0.3) is 5.91 Å². The summed E-state index contributed by atoms with van der Waals surface area (Å²) in [6.45, 7) is 3.75. The van der Waals surface area contributed by atoms with E-state index >= 15 is 0 Å². The summed E-state index contributed by atoms with van der Waals surface area (Å²) in [6, 6.07) is 10.7. The molecular formula is C14H15N3O. The lowest BCUT2D eigenvalue weighted by molar-refractivity contribution is 0.102. The molecule has 18 heavy (non-hydrogen) atoms. The second-order valence-corrected chi connectivity index (χ2v) is 4.19. The van der Waals surface area contributed by atoms with E-state index in [9.17, 15) is 4.79 Å². The van der Waals surface area contributed by atoms with Crippen molar-refractivity contribution in [1.29, 1.82) is 0 Å². The Bertz CT molecular complexity index is 593. The standard InChI is InChI=1S/C14H15N3O/c1-9-8-11(6-7-12(9)15)14(18)17-13-5-3-4-10(2)16-13/h3-8H,15H2,1-2H3,(H,16,17,18). The average Bonchev–Trinajstić information content (AvgIpc) is 2.32. The van der Waals surface area contributed by atoms with Gasteiger partial charge in [-0.1, -0.05) is 6.07 Å². The molecule has 0 unspecified atom stereocenters. The van der Waals surface area contributed by atoms with Crippen molar-refractivity contribution in [2.45, 2.75) is 13.8 Å². The molecule has 4 nitrogen and oxygen atoms in total. The SMILES string of the molecule is Cc1cccc(NC(=O)c2ccc(N)c(C)c2)n1. The number of nitrogen functional groups attached to an aromatic ring is 1. The number of aromatic nitrogens is 1. The van der Waals surface area contributed by atoms with Gasteiger partial charge in [-0.05, 0) is 49.7 Å². The van der Waals surface area contributed by atoms with Crippen LogP contribution in [-0.2, 0) is 0 Å². The Morgan fingerprint density at radius 1 is 1.22 bits per heavy atom. The number of rotatable bonds is 2. The van der Waals surface area contributed by atoms with E-state index in [1.54, 1.807) is 24.3 Å². The van der Waals surface area contributed by atoms with Crippen molar-refractivity contribution in [3.05, 3.63) is 53.2 Å². The number of amides is 1. The number of hydrogen-bond donors (Lipinski definition) is 2. The Morgan fingerprint density at radius 3 is 2.67 bits per heavy atom. The van der Waals surface area contributed by atoms with E-state index < -0.39 is 0 Å². The number of hydrogen-bond acceptors (Lipinski definition) is 3. The van der Waals surface area contributed by atoms with E-state index in [1.807, 2.05) is 26.0 Å². The normalized spacial score (nSPS) is 10.1. The summed E-state index contributed by atoms with van der Waals surface area (Å²) in [5, 5.41) is 2.75. The van der Waals surface area contributed by atoms with Gasteiger partial charge in [-0.2, -0.15) is 0 Å². The molecule has 0 spiro atoms. The second kappa shape index (κ2) is 4.87. The number of nitrogens with one attached hydrogen (secondary N) is 1. The van der Waals surface area contributed by atoms with Gasteiger partial charge in [0, 0.05) is 16.9 Å². The third-order valence-electron chi connectivity index (χ3n) is 2.66. The van der Waals surface area contributed by atoms with Crippen molar-refractivity contribution in [1.82, 2.24) is 4.98 Å². The highest BCUT2D eigenvalue weighted by atomic mass is 16.1. The molecule has 3 N–H and O–H groups in total. The molecule has 0 bridgehead atoms. The monoisotopic (exact) mass is 241 g/mol. The Labute approximate surface area is 106 Å². The summed E-state index contributed by atoms with van der Waals surface area (Å²) in [4.78, 5) is 16.2. The maximum atomic E-state index is 12.0. The fourth-order valence-electron chi connectivity index (χ4n) is 1.62. The summed E-state index contributed by atoms with van der Waals surface area (Å²) in [6.07, 6.45) is 0. The highest BCUT2D eigenvalue weighted by Crippen LogP contribution is 2.14. The van der Waals surface area contributed by atoms with Gasteiger partial charge in [0.15, 0.2) is 0 Å². The van der Waals surface area contributed by atoms with Crippen LogP contribution in [0.1, 0.15) is 21.6 Å². The number of carbonyl (C=O) groups is 1. The highest BCUT2D eigenvalue weighted by molar-refractivity contribution is 6.04. The van der Waals surface area contributed by atoms with Gasteiger partial charge in [-0.25, -0.2) is 4.98 Å². The average molecular weight is 241 g/mol. The Balaban J connectivity index is 2.19. The molecule has 4 heteroatoms. The predicted molar refractivity (Wildman–Crippen MR) is 72.5 cm³/mol. The van der Waals surface area contributed by atoms with Crippen LogP contribution < -0.4 is 11.1 Å². The van der Waals surface area contributed by atoms with Crippen LogP contribution in [0.5, 0.6) is 0 Å². The molecule has 0 aliphatic carbocycles. The first kappa shape index (κ1) is 12.1. The van der Waals surface area contributed by atoms with Crippen molar-refractivity contribution < 1.29 is 4.79 Å². The maximum absolute atomic E-state index is 12.0. The lowest BCUT2D eigenvalue weighted by atomic mass is 10.1. The van der Waals surface area contributed by atoms with Gasteiger partial charge in [0.1, 0.15) is 5.82 Å². The van der Waals surface area contributed by atoms with Gasteiger partial charge < -0.3 is 11.1 Å². The number of nitrogens with zero attached hydrogens (tertiary/aromatic N) is 1. The second-order valence-electron chi connectivity index (χ2n) is 4.19. The minimum absolute atomic E-state index is 0.184. The van der Waals surface area contributed by atoms with E-state index in [0.29, 0.717) is 17.1 Å². The molecule has 1 amide bonds. The van der Waals surface area contributed by atoms with Crippen molar-refractivity contribution in [3.8, 4) is 0 Å². The van der Waals surface area contributed by atoms with Crippen LogP contribution in [0.15, 0.2) is 36.4 Å². The number of benzene rings is 1. The number of pyridine rings is 1.